The van der Waals surface area contributed by atoms with Crippen molar-refractivity contribution >= 4 is 23.8 Å². The van der Waals surface area contributed by atoms with E-state index in [1.165, 1.54) is 6.08 Å². The van der Waals surface area contributed by atoms with Crippen LogP contribution in [0.1, 0.15) is 18.1 Å². The van der Waals surface area contributed by atoms with Gasteiger partial charge in [-0.15, -0.1) is 0 Å². The number of rotatable bonds is 6. The van der Waals surface area contributed by atoms with Gasteiger partial charge in [-0.25, -0.2) is 9.59 Å². The lowest BCUT2D eigenvalue weighted by Crippen LogP contribution is -2.28. The summed E-state index contributed by atoms with van der Waals surface area (Å²) in [5.41, 5.74) is 2.38. The van der Waals surface area contributed by atoms with E-state index in [2.05, 4.69) is 10.6 Å². The van der Waals surface area contributed by atoms with Gasteiger partial charge in [-0.3, -0.25) is 0 Å². The predicted octanol–water partition coefficient (Wildman–Crippen LogP) is 3.31. The minimum atomic E-state index is -0.386. The van der Waals surface area contributed by atoms with Crippen LogP contribution in [0, 0.1) is 0 Å². The van der Waals surface area contributed by atoms with Gasteiger partial charge in [0.2, 0.25) is 6.79 Å². The first-order valence-electron chi connectivity index (χ1n) is 8.52. The molecule has 0 spiro atoms. The molecule has 0 saturated carbocycles. The van der Waals surface area contributed by atoms with Crippen molar-refractivity contribution in [3.05, 3.63) is 59.7 Å². The van der Waals surface area contributed by atoms with Crippen molar-refractivity contribution in [3.63, 3.8) is 0 Å². The van der Waals surface area contributed by atoms with E-state index in [4.69, 9.17) is 14.2 Å². The van der Waals surface area contributed by atoms with Crippen molar-refractivity contribution < 1.29 is 23.8 Å². The molecular weight excluding hydrogens is 348 g/mol. The number of carbonyl (C=O) groups is 2. The van der Waals surface area contributed by atoms with Crippen LogP contribution in [-0.4, -0.2) is 25.4 Å². The first-order chi connectivity index (χ1) is 13.1. The van der Waals surface area contributed by atoms with E-state index in [1.807, 2.05) is 18.2 Å². The average molecular weight is 368 g/mol. The Hall–Kier alpha value is -3.48. The van der Waals surface area contributed by atoms with Crippen LogP contribution in [0.25, 0.3) is 6.08 Å². The van der Waals surface area contributed by atoms with Gasteiger partial charge < -0.3 is 24.8 Å². The molecule has 7 heteroatoms. The number of urea groups is 1. The second-order valence-electron chi connectivity index (χ2n) is 5.70. The SMILES string of the molecule is CCOC(=O)/C=C\c1ccc(NC(=O)NCc2ccc3c(c2)OCO3)cc1. The van der Waals surface area contributed by atoms with Gasteiger partial charge in [0, 0.05) is 18.3 Å². The van der Waals surface area contributed by atoms with Gasteiger partial charge in [-0.05, 0) is 48.4 Å². The molecule has 0 fully saturated rings. The van der Waals surface area contributed by atoms with E-state index in [9.17, 15) is 9.59 Å². The quantitative estimate of drug-likeness (QED) is 0.603. The molecule has 2 aromatic rings. The molecule has 0 unspecified atom stereocenters. The number of esters is 1. The summed E-state index contributed by atoms with van der Waals surface area (Å²) in [5, 5.41) is 5.54. The third kappa shape index (κ3) is 5.24. The Kier molecular flexibility index (Phi) is 5.94. The molecule has 7 nitrogen and oxygen atoms in total. The zero-order valence-corrected chi connectivity index (χ0v) is 14.9. The van der Waals surface area contributed by atoms with Crippen molar-refractivity contribution in [3.8, 4) is 11.5 Å². The van der Waals surface area contributed by atoms with Crippen LogP contribution in [0.2, 0.25) is 0 Å². The second-order valence-corrected chi connectivity index (χ2v) is 5.70. The molecular formula is C20H20N2O5. The Morgan fingerprint density at radius 3 is 2.67 bits per heavy atom. The summed E-state index contributed by atoms with van der Waals surface area (Å²) >= 11 is 0. The first kappa shape index (κ1) is 18.3. The molecule has 0 saturated heterocycles. The highest BCUT2D eigenvalue weighted by Gasteiger charge is 2.13. The van der Waals surface area contributed by atoms with Crippen LogP contribution in [0.5, 0.6) is 11.5 Å². The molecule has 1 heterocycles. The van der Waals surface area contributed by atoms with Gasteiger partial charge in [0.1, 0.15) is 0 Å². The molecule has 3 rings (SSSR count). The molecule has 1 aliphatic heterocycles. The summed E-state index contributed by atoms with van der Waals surface area (Å²) in [6.07, 6.45) is 3.02. The number of hydrogen-bond donors (Lipinski definition) is 2. The summed E-state index contributed by atoms with van der Waals surface area (Å²) in [7, 11) is 0. The summed E-state index contributed by atoms with van der Waals surface area (Å²) < 4.78 is 15.4. The van der Waals surface area contributed by atoms with Gasteiger partial charge >= 0.3 is 12.0 Å². The molecule has 1 aliphatic rings. The van der Waals surface area contributed by atoms with Gasteiger partial charge in [-0.1, -0.05) is 18.2 Å². The molecule has 0 aliphatic carbocycles. The summed E-state index contributed by atoms with van der Waals surface area (Å²) in [6.45, 7) is 2.68. The molecule has 0 radical (unpaired) electrons. The Morgan fingerprint density at radius 2 is 1.89 bits per heavy atom. The fourth-order valence-electron chi connectivity index (χ4n) is 2.44. The van der Waals surface area contributed by atoms with Crippen molar-refractivity contribution in [1.82, 2.24) is 5.32 Å². The zero-order chi connectivity index (χ0) is 19.1. The molecule has 2 N–H and O–H groups in total. The second kappa shape index (κ2) is 8.75. The van der Waals surface area contributed by atoms with Gasteiger partial charge in [0.05, 0.1) is 6.61 Å². The van der Waals surface area contributed by atoms with Crippen LogP contribution in [0.15, 0.2) is 48.5 Å². The highest BCUT2D eigenvalue weighted by Crippen LogP contribution is 2.32. The van der Waals surface area contributed by atoms with Crippen molar-refractivity contribution in [1.29, 1.82) is 0 Å². The maximum atomic E-state index is 12.0. The van der Waals surface area contributed by atoms with Gasteiger partial charge in [0.25, 0.3) is 0 Å². The largest absolute Gasteiger partial charge is 0.463 e. The lowest BCUT2D eigenvalue weighted by Gasteiger charge is -2.08. The number of hydrogen-bond acceptors (Lipinski definition) is 5. The molecule has 0 aromatic heterocycles. The highest BCUT2D eigenvalue weighted by molar-refractivity contribution is 5.90. The fourth-order valence-corrected chi connectivity index (χ4v) is 2.44. The predicted molar refractivity (Wildman–Crippen MR) is 101 cm³/mol. The minimum absolute atomic E-state index is 0.220. The Balaban J connectivity index is 1.48. The minimum Gasteiger partial charge on any atom is -0.463 e. The Bertz CT molecular complexity index is 846. The summed E-state index contributed by atoms with van der Waals surface area (Å²) in [6, 6.07) is 12.3. The molecule has 2 amide bonds. The molecule has 140 valence electrons. The van der Waals surface area contributed by atoms with Crippen LogP contribution in [0.3, 0.4) is 0 Å². The monoisotopic (exact) mass is 368 g/mol. The normalized spacial score (nSPS) is 12.0. The third-order valence-corrected chi connectivity index (χ3v) is 3.76. The van der Waals surface area contributed by atoms with E-state index < -0.39 is 0 Å². The Labute approximate surface area is 156 Å². The maximum absolute atomic E-state index is 12.0. The number of nitrogens with one attached hydrogen (secondary N) is 2. The van der Waals surface area contributed by atoms with E-state index in [0.29, 0.717) is 30.3 Å². The van der Waals surface area contributed by atoms with E-state index >= 15 is 0 Å². The zero-order valence-electron chi connectivity index (χ0n) is 14.9. The van der Waals surface area contributed by atoms with E-state index in [-0.39, 0.29) is 18.8 Å². The number of fused-ring (bicyclic) bond motifs is 1. The lowest BCUT2D eigenvalue weighted by molar-refractivity contribution is -0.137. The van der Waals surface area contributed by atoms with E-state index in [1.54, 1.807) is 37.3 Å². The van der Waals surface area contributed by atoms with Crippen molar-refractivity contribution in [2.75, 3.05) is 18.7 Å². The average Bonchev–Trinajstić information content (AvgIpc) is 3.14. The summed E-state index contributed by atoms with van der Waals surface area (Å²) in [4.78, 5) is 23.3. The number of carbonyl (C=O) groups excluding carboxylic acids is 2. The van der Waals surface area contributed by atoms with Crippen LogP contribution in [-0.2, 0) is 16.1 Å². The highest BCUT2D eigenvalue weighted by atomic mass is 16.7. The van der Waals surface area contributed by atoms with Crippen molar-refractivity contribution in [2.45, 2.75) is 13.5 Å². The lowest BCUT2D eigenvalue weighted by atomic mass is 10.2. The molecule has 0 atom stereocenters. The van der Waals surface area contributed by atoms with Gasteiger partial charge in [-0.2, -0.15) is 0 Å². The first-order valence-corrected chi connectivity index (χ1v) is 8.52. The number of amides is 2. The smallest absolute Gasteiger partial charge is 0.330 e. The third-order valence-electron chi connectivity index (χ3n) is 3.76. The van der Waals surface area contributed by atoms with Crippen LogP contribution >= 0.6 is 0 Å². The molecule has 2 aromatic carbocycles. The summed E-state index contributed by atoms with van der Waals surface area (Å²) in [5.74, 6) is 1.00. The van der Waals surface area contributed by atoms with E-state index in [0.717, 1.165) is 11.1 Å². The van der Waals surface area contributed by atoms with Gasteiger partial charge in [0.15, 0.2) is 11.5 Å². The molecule has 27 heavy (non-hydrogen) atoms. The standard InChI is InChI=1S/C20H20N2O5/c1-2-25-19(23)10-6-14-3-7-16(8-4-14)22-20(24)21-12-15-5-9-17-18(11-15)27-13-26-17/h3-11H,2,12-13H2,1H3,(H2,21,22,24)/b10-6-. The Morgan fingerprint density at radius 1 is 1.11 bits per heavy atom. The van der Waals surface area contributed by atoms with Crippen molar-refractivity contribution in [2.24, 2.45) is 0 Å². The molecule has 0 bridgehead atoms. The number of benzene rings is 2. The number of anilines is 1. The fraction of sp³-hybridized carbons (Fsp3) is 0.200. The van der Waals surface area contributed by atoms with Crippen LogP contribution in [0.4, 0.5) is 10.5 Å². The topological polar surface area (TPSA) is 85.9 Å². The number of ether oxygens (including phenoxy) is 3. The maximum Gasteiger partial charge on any atom is 0.330 e. The van der Waals surface area contributed by atoms with Crippen LogP contribution < -0.4 is 20.1 Å².